The molecule has 2 aromatic heterocycles. The minimum atomic E-state index is -0.117. The number of morpholine rings is 1. The Labute approximate surface area is 145 Å². The first-order valence-electron chi connectivity index (χ1n) is 8.44. The van der Waals surface area contributed by atoms with Gasteiger partial charge in [-0.1, -0.05) is 18.2 Å². The zero-order valence-corrected chi connectivity index (χ0v) is 13.9. The van der Waals surface area contributed by atoms with Crippen LogP contribution in [0.1, 0.15) is 16.1 Å². The number of aromatic nitrogens is 2. The van der Waals surface area contributed by atoms with Gasteiger partial charge in [0.15, 0.2) is 0 Å². The molecule has 3 heterocycles. The van der Waals surface area contributed by atoms with Crippen molar-refractivity contribution in [2.75, 3.05) is 31.2 Å². The Morgan fingerprint density at radius 3 is 2.88 bits per heavy atom. The molecule has 0 unspecified atom stereocenters. The van der Waals surface area contributed by atoms with Crippen molar-refractivity contribution in [3.05, 3.63) is 59.9 Å². The monoisotopic (exact) mass is 336 g/mol. The van der Waals surface area contributed by atoms with Crippen molar-refractivity contribution in [2.45, 2.75) is 6.54 Å². The van der Waals surface area contributed by atoms with Crippen molar-refractivity contribution in [2.24, 2.45) is 0 Å². The summed E-state index contributed by atoms with van der Waals surface area (Å²) in [4.78, 5) is 22.5. The predicted octanol–water partition coefficient (Wildman–Crippen LogP) is 2.33. The third-order valence-corrected chi connectivity index (χ3v) is 4.37. The van der Waals surface area contributed by atoms with Gasteiger partial charge in [-0.15, -0.1) is 0 Å². The number of benzene rings is 1. The van der Waals surface area contributed by atoms with E-state index in [-0.39, 0.29) is 5.91 Å². The molecule has 6 heteroatoms. The summed E-state index contributed by atoms with van der Waals surface area (Å²) in [7, 11) is 0. The third-order valence-electron chi connectivity index (χ3n) is 4.37. The van der Waals surface area contributed by atoms with Crippen LogP contribution < -0.4 is 10.2 Å². The van der Waals surface area contributed by atoms with Gasteiger partial charge in [-0.25, -0.2) is 4.98 Å². The lowest BCUT2D eigenvalue weighted by atomic mass is 10.2. The summed E-state index contributed by atoms with van der Waals surface area (Å²) in [6, 6.07) is 13.7. The fourth-order valence-electron chi connectivity index (χ4n) is 3.10. The second kappa shape index (κ2) is 6.94. The largest absolute Gasteiger partial charge is 0.378 e. The molecule has 0 radical (unpaired) electrons. The van der Waals surface area contributed by atoms with Crippen LogP contribution in [-0.2, 0) is 11.3 Å². The second-order valence-corrected chi connectivity index (χ2v) is 6.04. The van der Waals surface area contributed by atoms with E-state index in [0.717, 1.165) is 35.5 Å². The molecular weight excluding hydrogens is 316 g/mol. The van der Waals surface area contributed by atoms with E-state index in [9.17, 15) is 4.79 Å². The van der Waals surface area contributed by atoms with Crippen molar-refractivity contribution >= 4 is 22.6 Å². The molecule has 3 aromatic rings. The lowest BCUT2D eigenvalue weighted by Gasteiger charge is -2.29. The van der Waals surface area contributed by atoms with E-state index in [2.05, 4.69) is 32.3 Å². The number of rotatable bonds is 4. The van der Waals surface area contributed by atoms with Gasteiger partial charge in [-0.05, 0) is 29.7 Å². The quantitative estimate of drug-likeness (QED) is 0.767. The SMILES string of the molecule is O=C(NCc1cc2ccccc2[nH]1)c1cccnc1N1CCOCC1. The molecule has 0 spiro atoms. The number of H-pyrrole nitrogens is 1. The number of anilines is 1. The van der Waals surface area contributed by atoms with Crippen molar-refractivity contribution in [3.63, 3.8) is 0 Å². The summed E-state index contributed by atoms with van der Waals surface area (Å²) < 4.78 is 5.38. The van der Waals surface area contributed by atoms with Crippen molar-refractivity contribution in [1.82, 2.24) is 15.3 Å². The minimum absolute atomic E-state index is 0.117. The molecule has 25 heavy (non-hydrogen) atoms. The molecule has 4 rings (SSSR count). The Hall–Kier alpha value is -2.86. The molecule has 1 aliphatic heterocycles. The van der Waals surface area contributed by atoms with E-state index in [1.807, 2.05) is 24.3 Å². The number of hydrogen-bond donors (Lipinski definition) is 2. The van der Waals surface area contributed by atoms with Crippen LogP contribution in [0.5, 0.6) is 0 Å². The summed E-state index contributed by atoms with van der Waals surface area (Å²) in [5, 5.41) is 4.13. The number of carbonyl (C=O) groups excluding carboxylic acids is 1. The summed E-state index contributed by atoms with van der Waals surface area (Å²) in [6.45, 7) is 3.27. The van der Waals surface area contributed by atoms with Gasteiger partial charge in [0, 0.05) is 30.5 Å². The van der Waals surface area contributed by atoms with Crippen LogP contribution in [-0.4, -0.2) is 42.2 Å². The molecule has 1 aliphatic rings. The Kier molecular flexibility index (Phi) is 4.35. The average Bonchev–Trinajstić information content (AvgIpc) is 3.10. The molecule has 2 N–H and O–H groups in total. The molecular formula is C19H20N4O2. The zero-order valence-electron chi connectivity index (χ0n) is 13.9. The molecule has 1 fully saturated rings. The van der Waals surface area contributed by atoms with E-state index in [0.29, 0.717) is 25.3 Å². The highest BCUT2D eigenvalue weighted by Gasteiger charge is 2.19. The van der Waals surface area contributed by atoms with Gasteiger partial charge in [0.05, 0.1) is 25.3 Å². The van der Waals surface area contributed by atoms with Gasteiger partial charge in [-0.3, -0.25) is 4.79 Å². The number of nitrogens with zero attached hydrogens (tertiary/aromatic N) is 2. The number of para-hydroxylation sites is 1. The summed E-state index contributed by atoms with van der Waals surface area (Å²) in [6.07, 6.45) is 1.72. The molecule has 1 saturated heterocycles. The van der Waals surface area contributed by atoms with Crippen molar-refractivity contribution in [3.8, 4) is 0 Å². The summed E-state index contributed by atoms with van der Waals surface area (Å²) in [5.41, 5.74) is 2.65. The lowest BCUT2D eigenvalue weighted by Crippen LogP contribution is -2.38. The maximum Gasteiger partial charge on any atom is 0.255 e. The normalized spacial score (nSPS) is 14.6. The van der Waals surface area contributed by atoms with Crippen LogP contribution in [0.15, 0.2) is 48.7 Å². The van der Waals surface area contributed by atoms with Crippen LogP contribution >= 0.6 is 0 Å². The highest BCUT2D eigenvalue weighted by Crippen LogP contribution is 2.19. The number of ether oxygens (including phenoxy) is 1. The molecule has 0 aliphatic carbocycles. The van der Waals surface area contributed by atoms with Crippen LogP contribution in [0.2, 0.25) is 0 Å². The first kappa shape index (κ1) is 15.7. The fourth-order valence-corrected chi connectivity index (χ4v) is 3.10. The predicted molar refractivity (Wildman–Crippen MR) is 96.7 cm³/mol. The minimum Gasteiger partial charge on any atom is -0.378 e. The molecule has 6 nitrogen and oxygen atoms in total. The number of pyridine rings is 1. The molecule has 0 saturated carbocycles. The average molecular weight is 336 g/mol. The first-order valence-corrected chi connectivity index (χ1v) is 8.44. The van der Waals surface area contributed by atoms with E-state index in [1.54, 1.807) is 12.3 Å². The van der Waals surface area contributed by atoms with Gasteiger partial charge in [-0.2, -0.15) is 0 Å². The second-order valence-electron chi connectivity index (χ2n) is 6.04. The number of hydrogen-bond acceptors (Lipinski definition) is 4. The maximum atomic E-state index is 12.7. The van der Waals surface area contributed by atoms with Crippen LogP contribution in [0.25, 0.3) is 10.9 Å². The fraction of sp³-hybridized carbons (Fsp3) is 0.263. The molecule has 1 amide bonds. The number of nitrogens with one attached hydrogen (secondary N) is 2. The van der Waals surface area contributed by atoms with Gasteiger partial charge in [0.25, 0.3) is 5.91 Å². The Balaban J connectivity index is 1.49. The Morgan fingerprint density at radius 1 is 1.20 bits per heavy atom. The van der Waals surface area contributed by atoms with Crippen LogP contribution in [0.3, 0.4) is 0 Å². The number of carbonyl (C=O) groups is 1. The smallest absolute Gasteiger partial charge is 0.255 e. The first-order chi connectivity index (χ1) is 12.3. The zero-order chi connectivity index (χ0) is 17.1. The number of fused-ring (bicyclic) bond motifs is 1. The number of aromatic amines is 1. The van der Waals surface area contributed by atoms with Gasteiger partial charge in [0.1, 0.15) is 5.82 Å². The van der Waals surface area contributed by atoms with Crippen LogP contribution in [0.4, 0.5) is 5.82 Å². The van der Waals surface area contributed by atoms with E-state index in [4.69, 9.17) is 4.74 Å². The van der Waals surface area contributed by atoms with E-state index in [1.165, 1.54) is 0 Å². The maximum absolute atomic E-state index is 12.7. The van der Waals surface area contributed by atoms with Crippen LogP contribution in [0, 0.1) is 0 Å². The molecule has 0 atom stereocenters. The molecule has 1 aromatic carbocycles. The van der Waals surface area contributed by atoms with Crippen molar-refractivity contribution in [1.29, 1.82) is 0 Å². The highest BCUT2D eigenvalue weighted by atomic mass is 16.5. The number of amides is 1. The van der Waals surface area contributed by atoms with Gasteiger partial charge >= 0.3 is 0 Å². The molecule has 0 bridgehead atoms. The molecule has 128 valence electrons. The lowest BCUT2D eigenvalue weighted by molar-refractivity contribution is 0.0948. The van der Waals surface area contributed by atoms with Gasteiger partial charge < -0.3 is 19.9 Å². The summed E-state index contributed by atoms with van der Waals surface area (Å²) in [5.74, 6) is 0.605. The van der Waals surface area contributed by atoms with Gasteiger partial charge in [0.2, 0.25) is 0 Å². The summed E-state index contributed by atoms with van der Waals surface area (Å²) >= 11 is 0. The van der Waals surface area contributed by atoms with E-state index >= 15 is 0 Å². The standard InChI is InChI=1S/C19H20N4O2/c24-19(21-13-15-12-14-4-1-2-6-17(14)22-15)16-5-3-7-20-18(16)23-8-10-25-11-9-23/h1-7,12,22H,8-11,13H2,(H,21,24). The third kappa shape index (κ3) is 3.34. The Bertz CT molecular complexity index is 851. The Morgan fingerprint density at radius 2 is 2.04 bits per heavy atom. The van der Waals surface area contributed by atoms with Crippen molar-refractivity contribution < 1.29 is 9.53 Å². The highest BCUT2D eigenvalue weighted by molar-refractivity contribution is 5.98. The topological polar surface area (TPSA) is 70.2 Å². The van der Waals surface area contributed by atoms with E-state index < -0.39 is 0 Å².